The fourth-order valence-corrected chi connectivity index (χ4v) is 20.9. The predicted octanol–water partition coefficient (Wildman–Crippen LogP) is 24.7. The summed E-state index contributed by atoms with van der Waals surface area (Å²) in [4.78, 5) is 112. The lowest BCUT2D eigenvalue weighted by molar-refractivity contribution is -0.138. The molecule has 0 bridgehead atoms. The van der Waals surface area contributed by atoms with E-state index in [0.717, 1.165) is 80.9 Å². The average Bonchev–Trinajstić information content (AvgIpc) is 1.51. The molecule has 7 aliphatic rings. The highest BCUT2D eigenvalue weighted by molar-refractivity contribution is 6.69. The van der Waals surface area contributed by atoms with E-state index in [9.17, 15) is 53.4 Å². The third kappa shape index (κ3) is 30.2. The van der Waals surface area contributed by atoms with E-state index in [4.69, 9.17) is 108 Å². The van der Waals surface area contributed by atoms with Crippen molar-refractivity contribution in [2.24, 2.45) is 11.7 Å². The van der Waals surface area contributed by atoms with Gasteiger partial charge in [-0.3, -0.25) is 19.2 Å². The maximum absolute atomic E-state index is 13.0. The Morgan fingerprint density at radius 3 is 1.09 bits per heavy atom. The monoisotopic (exact) mass is 2040 g/mol. The van der Waals surface area contributed by atoms with Gasteiger partial charge in [0.2, 0.25) is 5.79 Å². The molecule has 0 radical (unpaired) electrons. The zero-order valence-electron chi connectivity index (χ0n) is 81.3. The van der Waals surface area contributed by atoms with Crippen LogP contribution in [0, 0.1) is 5.92 Å². The first-order valence-electron chi connectivity index (χ1n) is 45.7. The third-order valence-corrected chi connectivity index (χ3v) is 26.4. The number of ether oxygens (including phenoxy) is 6. The van der Waals surface area contributed by atoms with Crippen molar-refractivity contribution in [2.45, 2.75) is 345 Å². The van der Waals surface area contributed by atoms with Crippen LogP contribution in [0.15, 0.2) is 157 Å². The standard InChI is InChI=1S/C20H30ClNO4Si.C18H24ClNO3.C18H24ClNO2.C17H22ClNO4.C17H22ClNO3.C12H14ClNO2.2ClH/c1-18(2,3)25-17(23)22-19(14-10-7-8-11-15(14)21)13-9-12-16-20(19,24-16)26-27(4,5)6;1-12-8-7-11-18(15(12)21,13-9-5-6-10-14(13)19)20-16(22)23-17(2,3)4;1-13-9-7-8-12-18(13,14-10-5-6-11-15(14)19)20-16(21)22-17(2,3)4;1-16(2,3)23-15(22)19-17(10-6-9-13(20)14(17)21)11-7-4-5-8-12(11)18;1-16(2,3)22-15(21)19-17(11-7-6-10-14(17)20)12-8-4-5-9-13(12)18;13-9-5-2-1-4-8(9)12(14)7-3-6-10(15)11(12)16;;/h7-8,10-11,16H,9,12-13H2,1-6H3,(H,22,23);5-6,9-10,12H,7-8,11H2,1-4H3,(H,20,22);5-6,9-11H,7-8,12H2,1-4H3,(H,20,21);4-5,7-8,13,20H,6,9-10H2,1-3H3,(H,19,22);4-5,8-9H,6-7,10-11H2,1-3H3,(H,19,21);1-2,4-5,10,15H,3,6-7,14H2;2*1H/t16-,19-,20+;12-,18-;18-;13-,17-;17-;10-,12-;;/m110111../s1. The topological polar surface area (TPSA) is 348 Å². The predicted molar refractivity (Wildman–Crippen MR) is 539 cm³/mol. The first kappa shape index (κ1) is 116. The van der Waals surface area contributed by atoms with Crippen LogP contribution in [-0.4, -0.2) is 124 Å². The number of carbonyl (C=O) groups is 9. The van der Waals surface area contributed by atoms with E-state index in [1.807, 2.05) is 122 Å². The molecule has 6 aliphatic carbocycles. The minimum Gasteiger partial charge on any atom is -0.444 e. The highest BCUT2D eigenvalue weighted by atomic mass is 35.5. The molecular formula is C102H138Cl8N6O18Si. The number of hydrogen-bond acceptors (Lipinski definition) is 19. The van der Waals surface area contributed by atoms with Crippen LogP contribution >= 0.6 is 94.4 Å². The first-order chi connectivity index (χ1) is 61.7. The van der Waals surface area contributed by atoms with Gasteiger partial charge >= 0.3 is 30.5 Å². The SMILES string of the molecule is CC(C)(C)OC(=O)N[C@@]1(c2ccccc2Cl)CCCCC1=O.CC(C)(C)OC(=O)N[C@@]1(c2ccccc2Cl)CCC[C@@H](O)C1=O.CC(C)(C)OC(=O)N[C@@]1(c2ccccc2Cl)CCC[C@H]2O[C@]21O[Si](C)(C)C.CC1=CCCC[C@@]1(NC(=O)OC(C)(C)C)c1ccccc1Cl.C[C@@H]1CCC[C@@](NC(=O)OC(C)(C)C)(c2ccccc2Cl)C1=O.Cl.Cl.N[C@@]1(c2ccccc2Cl)CCC[C@@H](O)C1=O. The molecule has 9 N–H and O–H groups in total. The summed E-state index contributed by atoms with van der Waals surface area (Å²) in [5, 5.41) is 37.2. The lowest BCUT2D eigenvalue weighted by atomic mass is 9.71. The number of aliphatic hydroxyl groups excluding tert-OH is 2. The molecule has 6 aromatic carbocycles. The number of ketones is 4. The molecule has 11 atom stereocenters. The fraction of sp³-hybridized carbons (Fsp3) is 0.539. The lowest BCUT2D eigenvalue weighted by Gasteiger charge is -2.45. The summed E-state index contributed by atoms with van der Waals surface area (Å²) < 4.78 is 39.8. The van der Waals surface area contributed by atoms with Gasteiger partial charge in [0.05, 0.1) is 5.54 Å². The number of nitrogens with one attached hydrogen (secondary N) is 5. The Labute approximate surface area is 840 Å². The maximum Gasteiger partial charge on any atom is 0.408 e. The van der Waals surface area contributed by atoms with Gasteiger partial charge in [0, 0.05) is 70.3 Å². The largest absolute Gasteiger partial charge is 0.444 e. The minimum atomic E-state index is -1.97. The molecule has 13 rings (SSSR count). The van der Waals surface area contributed by atoms with Gasteiger partial charge in [-0.25, -0.2) is 24.0 Å². The number of fused-ring (bicyclic) bond motifs is 1. The highest BCUT2D eigenvalue weighted by Crippen LogP contribution is 2.61. The third-order valence-electron chi connectivity index (χ3n) is 23.5. The number of amides is 5. The molecular weight excluding hydrogens is 1910 g/mol. The van der Waals surface area contributed by atoms with E-state index in [1.54, 1.807) is 141 Å². The summed E-state index contributed by atoms with van der Waals surface area (Å²) in [7, 11) is -1.97. The van der Waals surface area contributed by atoms with Gasteiger partial charge in [0.1, 0.15) is 74.0 Å². The Kier molecular flexibility index (Phi) is 40.9. The quantitative estimate of drug-likeness (QED) is 0.0230. The van der Waals surface area contributed by atoms with Crippen molar-refractivity contribution in [1.29, 1.82) is 0 Å². The van der Waals surface area contributed by atoms with Gasteiger partial charge < -0.3 is 75.4 Å². The van der Waals surface area contributed by atoms with E-state index < -0.39 is 124 Å². The molecule has 135 heavy (non-hydrogen) atoms. The van der Waals surface area contributed by atoms with Crippen molar-refractivity contribution in [3.8, 4) is 0 Å². The van der Waals surface area contributed by atoms with Crippen LogP contribution < -0.4 is 32.3 Å². The zero-order valence-corrected chi connectivity index (χ0v) is 88.4. The Bertz CT molecular complexity index is 5060. The Hall–Kier alpha value is -7.57. The molecule has 1 heterocycles. The normalized spacial score (nSPS) is 25.4. The second kappa shape index (κ2) is 47.6. The number of hydrogen-bond donors (Lipinski definition) is 8. The van der Waals surface area contributed by atoms with Crippen LogP contribution in [0.1, 0.15) is 273 Å². The molecule has 0 spiro atoms. The van der Waals surface area contributed by atoms with Crippen LogP contribution in [0.3, 0.4) is 0 Å². The van der Waals surface area contributed by atoms with Crippen molar-refractivity contribution in [1.82, 2.24) is 26.6 Å². The molecule has 6 fully saturated rings. The van der Waals surface area contributed by atoms with Crippen LogP contribution in [0.5, 0.6) is 0 Å². The maximum atomic E-state index is 13.0. The summed E-state index contributed by atoms with van der Waals surface area (Å²) in [6, 6.07) is 43.5. The summed E-state index contributed by atoms with van der Waals surface area (Å²) in [6.45, 7) is 37.4. The van der Waals surface area contributed by atoms with Crippen molar-refractivity contribution < 1.29 is 86.2 Å². The Morgan fingerprint density at radius 1 is 0.393 bits per heavy atom. The highest BCUT2D eigenvalue weighted by Gasteiger charge is 2.75. The van der Waals surface area contributed by atoms with Gasteiger partial charge in [-0.05, 0) is 294 Å². The smallest absolute Gasteiger partial charge is 0.408 e. The van der Waals surface area contributed by atoms with Gasteiger partial charge in [0.25, 0.3) is 0 Å². The minimum absolute atomic E-state index is 0. The van der Waals surface area contributed by atoms with Crippen molar-refractivity contribution in [3.05, 3.63) is 221 Å². The van der Waals surface area contributed by atoms with Crippen molar-refractivity contribution >= 4 is 156 Å². The lowest BCUT2D eigenvalue weighted by Crippen LogP contribution is -2.62. The van der Waals surface area contributed by atoms with Crippen LogP contribution in [0.4, 0.5) is 24.0 Å². The van der Waals surface area contributed by atoms with E-state index in [0.29, 0.717) is 110 Å². The summed E-state index contributed by atoms with van der Waals surface area (Å²) in [5.41, 5.74) is 2.13. The van der Waals surface area contributed by atoms with E-state index >= 15 is 0 Å². The number of nitrogens with two attached hydrogens (primary N) is 1. The molecule has 5 saturated carbocycles. The van der Waals surface area contributed by atoms with E-state index in [-0.39, 0.29) is 54.2 Å². The van der Waals surface area contributed by atoms with Gasteiger partial charge in [0.15, 0.2) is 31.5 Å². The molecule has 1 aliphatic heterocycles. The number of halogens is 8. The summed E-state index contributed by atoms with van der Waals surface area (Å²) in [6.07, 6.45) is 10.5. The van der Waals surface area contributed by atoms with Crippen molar-refractivity contribution in [2.75, 3.05) is 0 Å². The number of rotatable bonds is 13. The molecule has 1 saturated heterocycles. The van der Waals surface area contributed by atoms with Crippen molar-refractivity contribution in [3.63, 3.8) is 0 Å². The fourth-order valence-electron chi connectivity index (χ4n) is 17.9. The number of Topliss-reactive ketones (excluding diaryl/α,β-unsaturated/α-hetero) is 4. The second-order valence-corrected chi connectivity index (χ2v) is 47.9. The van der Waals surface area contributed by atoms with E-state index in [1.165, 1.54) is 0 Å². The Balaban J connectivity index is 0.000000249. The first-order valence-corrected chi connectivity index (χ1v) is 51.3. The summed E-state index contributed by atoms with van der Waals surface area (Å²) in [5.74, 6) is -1.83. The molecule has 744 valence electrons. The van der Waals surface area contributed by atoms with E-state index in [2.05, 4.69) is 52.3 Å². The molecule has 0 unspecified atom stereocenters. The number of alkyl carbamates (subject to hydrolysis) is 5. The molecule has 0 aromatic heterocycles. The molecule has 6 aromatic rings. The van der Waals surface area contributed by atoms with Gasteiger partial charge in [-0.15, -0.1) is 24.8 Å². The van der Waals surface area contributed by atoms with Crippen LogP contribution in [-0.2, 0) is 85.3 Å². The van der Waals surface area contributed by atoms with Crippen LogP contribution in [0.2, 0.25) is 49.8 Å². The van der Waals surface area contributed by atoms with Gasteiger partial charge in [-0.2, -0.15) is 0 Å². The molecule has 5 amide bonds. The number of carbonyl (C=O) groups excluding carboxylic acids is 9. The van der Waals surface area contributed by atoms with Crippen LogP contribution in [0.25, 0.3) is 0 Å². The zero-order chi connectivity index (χ0) is 99.1. The number of aliphatic hydroxyl groups is 2. The Morgan fingerprint density at radius 2 is 0.704 bits per heavy atom. The number of allylic oxidation sites excluding steroid dienone is 1. The molecule has 33 heteroatoms. The average molecular weight is 2050 g/mol. The summed E-state index contributed by atoms with van der Waals surface area (Å²) >= 11 is 37.9. The molecule has 24 nitrogen and oxygen atoms in total. The number of benzene rings is 6. The van der Waals surface area contributed by atoms with Gasteiger partial charge in [-0.1, -0.05) is 192 Å². The second-order valence-electron chi connectivity index (χ2n) is 41.0. The number of epoxide rings is 1.